The van der Waals surface area contributed by atoms with Gasteiger partial charge in [-0.25, -0.2) is 0 Å². The van der Waals surface area contributed by atoms with Gasteiger partial charge in [-0.2, -0.15) is 0 Å². The zero-order chi connectivity index (χ0) is 41.8. The van der Waals surface area contributed by atoms with Crippen molar-refractivity contribution in [2.24, 2.45) is 0 Å². The number of anilines is 3. The Morgan fingerprint density at radius 2 is 0.937 bits per heavy atom. The van der Waals surface area contributed by atoms with Gasteiger partial charge in [0.25, 0.3) is 0 Å². The summed E-state index contributed by atoms with van der Waals surface area (Å²) < 4.78 is 7.46. The Bertz CT molecular complexity index is 3800. The van der Waals surface area contributed by atoms with Crippen LogP contribution in [0.3, 0.4) is 0 Å². The summed E-state index contributed by atoms with van der Waals surface area (Å²) in [6, 6.07) is 77.8. The molecule has 1 aliphatic carbocycles. The SMILES string of the molecule is CC1(C)c2ccccc2-c2ccc(N(c3ccccc3-c3ccccc3)c3cccc4c3oc3c(-c5ccc6c7ccccc7c7ccccc7c6c5)c5ccccc5cc34)cc21. The molecule has 11 aromatic carbocycles. The van der Waals surface area contributed by atoms with E-state index in [2.05, 4.69) is 231 Å². The molecule has 0 saturated carbocycles. The minimum Gasteiger partial charge on any atom is -0.453 e. The quantitative estimate of drug-likeness (QED) is 0.161. The average molecular weight is 804 g/mol. The fourth-order valence-corrected chi connectivity index (χ4v) is 10.9. The van der Waals surface area contributed by atoms with Gasteiger partial charge in [0.1, 0.15) is 5.58 Å². The molecule has 0 spiro atoms. The van der Waals surface area contributed by atoms with Crippen LogP contribution in [0, 0.1) is 0 Å². The van der Waals surface area contributed by atoms with Crippen molar-refractivity contribution < 1.29 is 4.42 Å². The Morgan fingerprint density at radius 1 is 0.349 bits per heavy atom. The molecular formula is C61H41NO. The molecule has 0 saturated heterocycles. The van der Waals surface area contributed by atoms with Gasteiger partial charge >= 0.3 is 0 Å². The van der Waals surface area contributed by atoms with Crippen LogP contribution in [0.25, 0.3) is 98.4 Å². The van der Waals surface area contributed by atoms with Crippen molar-refractivity contribution in [3.05, 3.63) is 223 Å². The zero-order valence-corrected chi connectivity index (χ0v) is 35.1. The van der Waals surface area contributed by atoms with Crippen molar-refractivity contribution >= 4 is 82.1 Å². The fraction of sp³-hybridized carbons (Fsp3) is 0.0492. The van der Waals surface area contributed by atoms with Gasteiger partial charge < -0.3 is 9.32 Å². The van der Waals surface area contributed by atoms with E-state index in [0.29, 0.717) is 0 Å². The summed E-state index contributed by atoms with van der Waals surface area (Å²) in [5, 5.41) is 12.1. The Kier molecular flexibility index (Phi) is 7.68. The van der Waals surface area contributed by atoms with Crippen molar-refractivity contribution in [1.29, 1.82) is 0 Å². The van der Waals surface area contributed by atoms with Crippen LogP contribution in [0.4, 0.5) is 17.1 Å². The molecule has 0 unspecified atom stereocenters. The van der Waals surface area contributed by atoms with Crippen LogP contribution in [0.5, 0.6) is 0 Å². The smallest absolute Gasteiger partial charge is 0.159 e. The standard InChI is InChI=1S/C61H41NO/c1-61(2)54-28-14-12-26-49(54)50-34-32-41(37-55(50)61)62(56-29-15-13-20-42(56)38-17-4-3-5-18-38)57-30-16-27-51-53-35-39-19-6-7-21-43(39)58(60(53)63-59(51)57)40-31-33-48-46-24-9-8-22-44(46)45-23-10-11-25-47(45)52(48)36-40/h3-37H,1-2H3. The third kappa shape index (κ3) is 5.25. The molecule has 0 amide bonds. The fourth-order valence-electron chi connectivity index (χ4n) is 10.9. The van der Waals surface area contributed by atoms with Crippen LogP contribution >= 0.6 is 0 Å². The van der Waals surface area contributed by atoms with E-state index in [4.69, 9.17) is 4.42 Å². The molecule has 12 aromatic rings. The molecule has 2 nitrogen and oxygen atoms in total. The number of rotatable bonds is 5. The minimum atomic E-state index is -0.162. The third-order valence-electron chi connectivity index (χ3n) is 13.8. The first-order chi connectivity index (χ1) is 31.0. The highest BCUT2D eigenvalue weighted by Gasteiger charge is 2.36. The molecular weight excluding hydrogens is 763 g/mol. The highest BCUT2D eigenvalue weighted by atomic mass is 16.3. The number of hydrogen-bond acceptors (Lipinski definition) is 2. The number of benzene rings is 11. The molecule has 0 radical (unpaired) electrons. The third-order valence-corrected chi connectivity index (χ3v) is 13.8. The Labute approximate surface area is 365 Å². The van der Waals surface area contributed by atoms with Crippen LogP contribution in [0.15, 0.2) is 217 Å². The number of hydrogen-bond donors (Lipinski definition) is 0. The Hall–Kier alpha value is -7.94. The van der Waals surface area contributed by atoms with E-state index in [-0.39, 0.29) is 5.41 Å². The Balaban J connectivity index is 1.09. The first-order valence-electron chi connectivity index (χ1n) is 21.9. The summed E-state index contributed by atoms with van der Waals surface area (Å²) in [6.07, 6.45) is 0. The lowest BCUT2D eigenvalue weighted by Crippen LogP contribution is -2.17. The van der Waals surface area contributed by atoms with Crippen molar-refractivity contribution in [2.45, 2.75) is 19.3 Å². The van der Waals surface area contributed by atoms with Gasteiger partial charge in [-0.1, -0.05) is 190 Å². The average Bonchev–Trinajstić information content (AvgIpc) is 3.82. The molecule has 63 heavy (non-hydrogen) atoms. The summed E-state index contributed by atoms with van der Waals surface area (Å²) in [6.45, 7) is 4.71. The largest absolute Gasteiger partial charge is 0.453 e. The zero-order valence-electron chi connectivity index (χ0n) is 35.1. The number of nitrogens with zero attached hydrogens (tertiary/aromatic N) is 1. The van der Waals surface area contributed by atoms with Crippen molar-refractivity contribution in [2.75, 3.05) is 4.90 Å². The molecule has 0 N–H and O–H groups in total. The minimum absolute atomic E-state index is 0.162. The molecule has 1 heterocycles. The van der Waals surface area contributed by atoms with Gasteiger partial charge in [-0.3, -0.25) is 0 Å². The molecule has 0 fully saturated rings. The second-order valence-electron chi connectivity index (χ2n) is 17.6. The number of furan rings is 1. The Morgan fingerprint density at radius 3 is 1.71 bits per heavy atom. The molecule has 2 heteroatoms. The van der Waals surface area contributed by atoms with Gasteiger partial charge in [0, 0.05) is 33.0 Å². The summed E-state index contributed by atoms with van der Waals surface area (Å²) >= 11 is 0. The van der Waals surface area contributed by atoms with Crippen LogP contribution in [-0.4, -0.2) is 0 Å². The van der Waals surface area contributed by atoms with Gasteiger partial charge in [-0.05, 0) is 113 Å². The van der Waals surface area contributed by atoms with Crippen molar-refractivity contribution in [3.63, 3.8) is 0 Å². The summed E-state index contributed by atoms with van der Waals surface area (Å²) in [4.78, 5) is 2.43. The lowest BCUT2D eigenvalue weighted by Gasteiger charge is -2.29. The predicted octanol–water partition coefficient (Wildman–Crippen LogP) is 17.3. The molecule has 0 bridgehead atoms. The number of para-hydroxylation sites is 2. The molecule has 0 atom stereocenters. The van der Waals surface area contributed by atoms with Crippen LogP contribution in [0.1, 0.15) is 25.0 Å². The van der Waals surface area contributed by atoms with Gasteiger partial charge in [0.15, 0.2) is 5.58 Å². The monoisotopic (exact) mass is 803 g/mol. The number of fused-ring (bicyclic) bond motifs is 13. The van der Waals surface area contributed by atoms with E-state index < -0.39 is 0 Å². The van der Waals surface area contributed by atoms with Gasteiger partial charge in [0.2, 0.25) is 0 Å². The highest BCUT2D eigenvalue weighted by Crippen LogP contribution is 2.53. The summed E-state index contributed by atoms with van der Waals surface area (Å²) in [5.41, 5.74) is 14.6. The molecule has 1 aliphatic rings. The molecule has 0 aliphatic heterocycles. The first-order valence-corrected chi connectivity index (χ1v) is 21.9. The second kappa shape index (κ2) is 13.5. The highest BCUT2D eigenvalue weighted by molar-refractivity contribution is 6.27. The van der Waals surface area contributed by atoms with E-state index in [1.165, 1.54) is 65.3 Å². The van der Waals surface area contributed by atoms with Crippen molar-refractivity contribution in [3.8, 4) is 33.4 Å². The van der Waals surface area contributed by atoms with Gasteiger partial charge in [-0.15, -0.1) is 0 Å². The van der Waals surface area contributed by atoms with Crippen LogP contribution < -0.4 is 4.90 Å². The summed E-state index contributed by atoms with van der Waals surface area (Å²) in [5.74, 6) is 0. The van der Waals surface area contributed by atoms with E-state index in [9.17, 15) is 0 Å². The van der Waals surface area contributed by atoms with Crippen LogP contribution in [0.2, 0.25) is 0 Å². The maximum Gasteiger partial charge on any atom is 0.159 e. The normalized spacial score (nSPS) is 13.0. The maximum atomic E-state index is 7.46. The molecule has 296 valence electrons. The second-order valence-corrected chi connectivity index (χ2v) is 17.6. The molecule has 1 aromatic heterocycles. The maximum absolute atomic E-state index is 7.46. The van der Waals surface area contributed by atoms with Crippen LogP contribution in [-0.2, 0) is 5.41 Å². The van der Waals surface area contributed by atoms with E-state index in [0.717, 1.165) is 61.3 Å². The van der Waals surface area contributed by atoms with Gasteiger partial charge in [0.05, 0.1) is 11.4 Å². The van der Waals surface area contributed by atoms with E-state index in [1.807, 2.05) is 0 Å². The summed E-state index contributed by atoms with van der Waals surface area (Å²) in [7, 11) is 0. The predicted molar refractivity (Wildman–Crippen MR) is 267 cm³/mol. The topological polar surface area (TPSA) is 16.4 Å². The first kappa shape index (κ1) is 35.8. The lowest BCUT2D eigenvalue weighted by atomic mass is 9.82. The molecule has 13 rings (SSSR count). The van der Waals surface area contributed by atoms with Crippen molar-refractivity contribution in [1.82, 2.24) is 0 Å². The lowest BCUT2D eigenvalue weighted by molar-refractivity contribution is 0.660. The van der Waals surface area contributed by atoms with E-state index in [1.54, 1.807) is 0 Å². The van der Waals surface area contributed by atoms with E-state index >= 15 is 0 Å².